The van der Waals surface area contributed by atoms with Crippen LogP contribution in [0.5, 0.6) is 0 Å². The third kappa shape index (κ3) is 10.5. The van der Waals surface area contributed by atoms with E-state index in [9.17, 15) is 4.79 Å². The molecule has 0 aliphatic heterocycles. The van der Waals surface area contributed by atoms with Gasteiger partial charge in [-0.05, 0) is 27.2 Å². The smallest absolute Gasteiger partial charge is 0.217 e. The van der Waals surface area contributed by atoms with Crippen LogP contribution in [0.2, 0.25) is 0 Å². The molecule has 1 rings (SSSR count). The van der Waals surface area contributed by atoms with E-state index in [0.717, 1.165) is 6.42 Å². The summed E-state index contributed by atoms with van der Waals surface area (Å²) in [6, 6.07) is -0.00361. The SMILES string of the molecule is C=C[C@H]1CC(C)=C[C@@H](OC(C)C)[C@@H]1NC(C)=O.[B]B([B])B([B])B(B([B])[B])B([B])[B]. The van der Waals surface area contributed by atoms with Gasteiger partial charge in [-0.1, -0.05) is 17.7 Å². The van der Waals surface area contributed by atoms with E-state index in [1.54, 1.807) is 0 Å². The molecular formula is C14H23B12NO2. The molecule has 0 aromatic carbocycles. The summed E-state index contributed by atoms with van der Waals surface area (Å²) < 4.78 is 5.87. The lowest BCUT2D eigenvalue weighted by atomic mass is 8.53. The van der Waals surface area contributed by atoms with Crippen LogP contribution in [0.25, 0.3) is 0 Å². The Hall–Kier alpha value is -0.311. The molecule has 0 aromatic heterocycles. The molecule has 1 N–H and O–H groups in total. The zero-order valence-corrected chi connectivity index (χ0v) is 18.1. The van der Waals surface area contributed by atoms with Crippen LogP contribution in [0.15, 0.2) is 24.3 Å². The van der Waals surface area contributed by atoms with Gasteiger partial charge in [-0.2, -0.15) is 0 Å². The third-order valence-electron chi connectivity index (χ3n) is 4.70. The highest BCUT2D eigenvalue weighted by atomic mass is 16.5. The zero-order chi connectivity index (χ0) is 22.9. The Balaban J connectivity index is 0.000000578. The van der Waals surface area contributed by atoms with Gasteiger partial charge < -0.3 is 10.1 Å². The summed E-state index contributed by atoms with van der Waals surface area (Å²) in [4.78, 5) is 11.3. The summed E-state index contributed by atoms with van der Waals surface area (Å²) in [5, 5.41) is 2.98. The Bertz CT molecular complexity index is 537. The van der Waals surface area contributed by atoms with E-state index < -0.39 is 31.9 Å². The fraction of sp³-hybridized carbons (Fsp3) is 0.643. The summed E-state index contributed by atoms with van der Waals surface area (Å²) in [7, 11) is 37.9. The lowest BCUT2D eigenvalue weighted by Crippen LogP contribution is -2.67. The molecule has 0 fully saturated rings. The number of carbonyl (C=O) groups is 1. The first kappa shape index (κ1) is 28.7. The van der Waals surface area contributed by atoms with Crippen LogP contribution in [0, 0.1) is 5.92 Å². The third-order valence-corrected chi connectivity index (χ3v) is 4.70. The molecule has 0 aromatic rings. The van der Waals surface area contributed by atoms with E-state index in [0.29, 0.717) is 0 Å². The van der Waals surface area contributed by atoms with Crippen molar-refractivity contribution in [1.82, 2.24) is 5.32 Å². The van der Waals surface area contributed by atoms with Crippen LogP contribution in [-0.4, -0.2) is 110 Å². The molecule has 0 heterocycles. The van der Waals surface area contributed by atoms with E-state index in [-0.39, 0.29) is 30.1 Å². The Labute approximate surface area is 189 Å². The van der Waals surface area contributed by atoms with Crippen molar-refractivity contribution < 1.29 is 9.53 Å². The highest BCUT2D eigenvalue weighted by Gasteiger charge is 2.32. The second-order valence-electron chi connectivity index (χ2n) is 7.88. The average Bonchev–Trinajstić information content (AvgIpc) is 2.55. The molecule has 0 saturated carbocycles. The number of rotatable bonds is 8. The maximum atomic E-state index is 11.3. The Morgan fingerprint density at radius 2 is 1.69 bits per heavy atom. The molecular weight excluding hydrogens is 344 g/mol. The van der Waals surface area contributed by atoms with Gasteiger partial charge in [0, 0.05) is 98.9 Å². The Morgan fingerprint density at radius 1 is 1.17 bits per heavy atom. The maximum absolute atomic E-state index is 11.3. The molecule has 3 atom stereocenters. The molecule has 1 amide bonds. The highest BCUT2D eigenvalue weighted by Crippen LogP contribution is 2.28. The van der Waals surface area contributed by atoms with Crippen molar-refractivity contribution >= 4 is 92.0 Å². The predicted molar refractivity (Wildman–Crippen MR) is 139 cm³/mol. The molecule has 1 aliphatic rings. The summed E-state index contributed by atoms with van der Waals surface area (Å²) in [6.07, 6.45) is 1.82. The highest BCUT2D eigenvalue weighted by molar-refractivity contribution is 8.05. The number of allylic oxidation sites excluding steroid dienone is 1. The molecule has 1 aliphatic carbocycles. The number of amides is 1. The zero-order valence-electron chi connectivity index (χ0n) is 18.1. The quantitative estimate of drug-likeness (QED) is 0.393. The number of hydrogen-bond donors (Lipinski definition) is 1. The van der Waals surface area contributed by atoms with Crippen molar-refractivity contribution in [3.63, 3.8) is 0 Å². The number of carbonyl (C=O) groups excluding carboxylic acids is 1. The van der Waals surface area contributed by atoms with Crippen LogP contribution in [-0.2, 0) is 9.53 Å². The van der Waals surface area contributed by atoms with Gasteiger partial charge in [-0.25, -0.2) is 0 Å². The minimum atomic E-state index is -0.723. The van der Waals surface area contributed by atoms with Crippen molar-refractivity contribution in [2.75, 3.05) is 0 Å². The molecule has 0 unspecified atom stereocenters. The monoisotopic (exact) mass is 369 g/mol. The summed E-state index contributed by atoms with van der Waals surface area (Å²) in [5.74, 6) is 0.222. The first-order valence-electron chi connectivity index (χ1n) is 9.83. The standard InChI is InChI=1S/C14H23NO2.B12/c1-6-12-7-10(4)8-13(17-9(2)3)14(12)15-11(5)16;1-8(2)11(7)12(9(3)4)10(5)6/h6,8-9,12-14H,1,7H2,2-5H3,(H,15,16);/t12-,13+,14+;/m0./s1. The maximum Gasteiger partial charge on any atom is 0.217 e. The molecule has 0 spiro atoms. The number of nitrogens with one attached hydrogen (secondary N) is 1. The van der Waals surface area contributed by atoms with Crippen molar-refractivity contribution in [3.05, 3.63) is 24.3 Å². The van der Waals surface area contributed by atoms with Crippen LogP contribution in [0.3, 0.4) is 0 Å². The Morgan fingerprint density at radius 3 is 2.00 bits per heavy atom. The van der Waals surface area contributed by atoms with E-state index >= 15 is 0 Å². The Kier molecular flexibility index (Phi) is 13.7. The van der Waals surface area contributed by atoms with E-state index in [2.05, 4.69) is 24.9 Å². The largest absolute Gasteiger partial charge is 0.369 e. The topological polar surface area (TPSA) is 38.3 Å². The van der Waals surface area contributed by atoms with Gasteiger partial charge >= 0.3 is 0 Å². The molecule has 0 bridgehead atoms. The fourth-order valence-corrected chi connectivity index (χ4v) is 3.31. The first-order chi connectivity index (χ1) is 13.3. The fourth-order valence-electron chi connectivity index (χ4n) is 3.31. The van der Waals surface area contributed by atoms with E-state index in [1.807, 2.05) is 19.9 Å². The van der Waals surface area contributed by atoms with Crippen LogP contribution in [0.1, 0.15) is 34.1 Å². The van der Waals surface area contributed by atoms with Crippen LogP contribution in [0.4, 0.5) is 0 Å². The second-order valence-corrected chi connectivity index (χ2v) is 7.88. The average molecular weight is 367 g/mol. The van der Waals surface area contributed by atoms with E-state index in [1.165, 1.54) is 12.5 Å². The van der Waals surface area contributed by atoms with Crippen molar-refractivity contribution in [3.8, 4) is 0 Å². The summed E-state index contributed by atoms with van der Waals surface area (Å²) in [5.41, 5.74) is 1.29. The molecule has 132 valence electrons. The molecule has 14 radical (unpaired) electrons. The van der Waals surface area contributed by atoms with Crippen LogP contribution < -0.4 is 5.32 Å². The lowest BCUT2D eigenvalue weighted by Gasteiger charge is -2.36. The van der Waals surface area contributed by atoms with Gasteiger partial charge in [-0.15, -0.1) is 6.58 Å². The van der Waals surface area contributed by atoms with Gasteiger partial charge in [0.1, 0.15) is 0 Å². The number of ether oxygens (including phenoxy) is 1. The van der Waals surface area contributed by atoms with Crippen molar-refractivity contribution in [2.45, 2.75) is 52.4 Å². The summed E-state index contributed by atoms with van der Waals surface area (Å²) >= 11 is 0. The van der Waals surface area contributed by atoms with Gasteiger partial charge in [0.15, 0.2) is 0 Å². The predicted octanol–water partition coefficient (Wildman–Crippen LogP) is -2.13. The van der Waals surface area contributed by atoms with Gasteiger partial charge in [-0.3, -0.25) is 4.79 Å². The lowest BCUT2D eigenvalue weighted by molar-refractivity contribution is -0.121. The second kappa shape index (κ2) is 13.9. The molecule has 29 heavy (non-hydrogen) atoms. The molecule has 15 heteroatoms. The van der Waals surface area contributed by atoms with Crippen LogP contribution >= 0.6 is 0 Å². The van der Waals surface area contributed by atoms with Gasteiger partial charge in [0.25, 0.3) is 0 Å². The summed E-state index contributed by atoms with van der Waals surface area (Å²) in [6.45, 7) is 11.5. The van der Waals surface area contributed by atoms with Gasteiger partial charge in [0.05, 0.1) is 18.2 Å². The number of hydrogen-bond acceptors (Lipinski definition) is 2. The van der Waals surface area contributed by atoms with E-state index in [4.69, 9.17) is 58.9 Å². The first-order valence-corrected chi connectivity index (χ1v) is 9.83. The molecule has 3 nitrogen and oxygen atoms in total. The minimum Gasteiger partial charge on any atom is -0.369 e. The molecule has 0 saturated heterocycles. The van der Waals surface area contributed by atoms with Crippen molar-refractivity contribution in [2.24, 2.45) is 5.92 Å². The van der Waals surface area contributed by atoms with Gasteiger partial charge in [0.2, 0.25) is 5.91 Å². The van der Waals surface area contributed by atoms with Crippen molar-refractivity contribution in [1.29, 1.82) is 0 Å². The normalized spacial score (nSPS) is 20.4. The minimum absolute atomic E-state index is 0.00361.